The van der Waals surface area contributed by atoms with E-state index in [0.717, 1.165) is 22.4 Å². The first-order chi connectivity index (χ1) is 14.6. The van der Waals surface area contributed by atoms with Crippen LogP contribution in [0.4, 0.5) is 0 Å². The molecule has 4 aromatic rings. The van der Waals surface area contributed by atoms with Gasteiger partial charge in [0.15, 0.2) is 0 Å². The van der Waals surface area contributed by atoms with Crippen LogP contribution in [0.3, 0.4) is 0 Å². The third-order valence-electron chi connectivity index (χ3n) is 4.76. The van der Waals surface area contributed by atoms with Crippen LogP contribution in [-0.4, -0.2) is 29.2 Å². The summed E-state index contributed by atoms with van der Waals surface area (Å²) in [6.07, 6.45) is 1.57. The van der Waals surface area contributed by atoms with Gasteiger partial charge in [-0.05, 0) is 42.3 Å². The fourth-order valence-corrected chi connectivity index (χ4v) is 4.16. The van der Waals surface area contributed by atoms with Gasteiger partial charge in [0.05, 0.1) is 37.5 Å². The van der Waals surface area contributed by atoms with E-state index in [4.69, 9.17) is 9.47 Å². The molecule has 0 aliphatic heterocycles. The molecule has 152 valence electrons. The van der Waals surface area contributed by atoms with Crippen molar-refractivity contribution in [1.82, 2.24) is 9.55 Å². The molecular weight excluding hydrogens is 400 g/mol. The van der Waals surface area contributed by atoms with Gasteiger partial charge in [-0.2, -0.15) is 0 Å². The van der Waals surface area contributed by atoms with Crippen LogP contribution < -0.4 is 10.3 Å². The molecule has 0 radical (unpaired) electrons. The quantitative estimate of drug-likeness (QED) is 0.434. The molecule has 2 heterocycles. The monoisotopic (exact) mass is 420 g/mol. The van der Waals surface area contributed by atoms with Crippen LogP contribution in [0.2, 0.25) is 0 Å². The molecule has 0 spiro atoms. The van der Waals surface area contributed by atoms with Crippen molar-refractivity contribution in [3.8, 4) is 16.9 Å². The molecule has 30 heavy (non-hydrogen) atoms. The summed E-state index contributed by atoms with van der Waals surface area (Å²) in [4.78, 5) is 30.0. The third-order valence-corrected chi connectivity index (χ3v) is 5.65. The number of hydrogen-bond acceptors (Lipinski definition) is 6. The van der Waals surface area contributed by atoms with Gasteiger partial charge in [0.25, 0.3) is 5.56 Å². The minimum atomic E-state index is -0.389. The number of aromatic nitrogens is 2. The summed E-state index contributed by atoms with van der Waals surface area (Å²) in [5, 5.41) is 2.57. The Hall–Kier alpha value is -3.45. The number of fused-ring (bicyclic) bond motifs is 1. The lowest BCUT2D eigenvalue weighted by Gasteiger charge is -2.08. The molecule has 4 rings (SSSR count). The topological polar surface area (TPSA) is 70.4 Å². The SMILES string of the molecule is CCOc1ccc(-c2csc3ncn(Cc4ccc(C(=O)OC)cc4)c(=O)c23)cc1. The molecule has 0 amide bonds. The number of esters is 1. The summed E-state index contributed by atoms with van der Waals surface area (Å²) >= 11 is 1.45. The minimum Gasteiger partial charge on any atom is -0.494 e. The van der Waals surface area contributed by atoms with Crippen molar-refractivity contribution in [2.75, 3.05) is 13.7 Å². The van der Waals surface area contributed by atoms with E-state index in [9.17, 15) is 9.59 Å². The van der Waals surface area contributed by atoms with Gasteiger partial charge in [-0.25, -0.2) is 9.78 Å². The number of rotatable bonds is 6. The Labute approximate surface area is 177 Å². The highest BCUT2D eigenvalue weighted by molar-refractivity contribution is 7.17. The Kier molecular flexibility index (Phi) is 5.63. The van der Waals surface area contributed by atoms with E-state index in [2.05, 4.69) is 4.98 Å². The maximum atomic E-state index is 13.2. The van der Waals surface area contributed by atoms with E-state index in [-0.39, 0.29) is 11.5 Å². The fraction of sp³-hybridized carbons (Fsp3) is 0.174. The molecule has 0 N–H and O–H groups in total. The average molecular weight is 420 g/mol. The predicted octanol–water partition coefficient (Wildman–Crippen LogP) is 4.36. The molecule has 0 bridgehead atoms. The second kappa shape index (κ2) is 8.51. The van der Waals surface area contributed by atoms with E-state index in [1.165, 1.54) is 18.4 Å². The molecule has 0 unspecified atom stereocenters. The summed E-state index contributed by atoms with van der Waals surface area (Å²) in [5.41, 5.74) is 3.08. The Morgan fingerprint density at radius 3 is 2.50 bits per heavy atom. The van der Waals surface area contributed by atoms with Crippen molar-refractivity contribution in [2.24, 2.45) is 0 Å². The Bertz CT molecular complexity index is 1240. The van der Waals surface area contributed by atoms with Gasteiger partial charge in [-0.15, -0.1) is 11.3 Å². The zero-order valence-corrected chi connectivity index (χ0v) is 17.4. The first-order valence-corrected chi connectivity index (χ1v) is 10.4. The Morgan fingerprint density at radius 2 is 1.83 bits per heavy atom. The molecule has 0 saturated heterocycles. The highest BCUT2D eigenvalue weighted by atomic mass is 32.1. The van der Waals surface area contributed by atoms with Gasteiger partial charge in [-0.1, -0.05) is 24.3 Å². The molecule has 0 saturated carbocycles. The van der Waals surface area contributed by atoms with Gasteiger partial charge in [0.1, 0.15) is 10.6 Å². The zero-order valence-electron chi connectivity index (χ0n) is 16.6. The summed E-state index contributed by atoms with van der Waals surface area (Å²) in [6, 6.07) is 14.7. The second-order valence-electron chi connectivity index (χ2n) is 6.65. The molecular formula is C23H20N2O4S. The highest BCUT2D eigenvalue weighted by Gasteiger charge is 2.14. The van der Waals surface area contributed by atoms with E-state index < -0.39 is 0 Å². The predicted molar refractivity (Wildman–Crippen MR) is 117 cm³/mol. The second-order valence-corrected chi connectivity index (χ2v) is 7.51. The smallest absolute Gasteiger partial charge is 0.337 e. The van der Waals surface area contributed by atoms with Crippen LogP contribution in [0.25, 0.3) is 21.3 Å². The van der Waals surface area contributed by atoms with Crippen molar-refractivity contribution in [3.05, 3.63) is 81.7 Å². The first kappa shape index (κ1) is 19.8. The summed E-state index contributed by atoms with van der Waals surface area (Å²) in [6.45, 7) is 2.91. The zero-order chi connectivity index (χ0) is 21.1. The highest BCUT2D eigenvalue weighted by Crippen LogP contribution is 2.31. The Morgan fingerprint density at radius 1 is 1.10 bits per heavy atom. The summed E-state index contributed by atoms with van der Waals surface area (Å²) in [5.74, 6) is 0.409. The van der Waals surface area contributed by atoms with E-state index in [1.807, 2.05) is 48.7 Å². The molecule has 7 heteroatoms. The normalized spacial score (nSPS) is 10.9. The number of carbonyl (C=O) groups is 1. The number of thiophene rings is 1. The van der Waals surface area contributed by atoms with Crippen molar-refractivity contribution in [1.29, 1.82) is 0 Å². The van der Waals surface area contributed by atoms with Gasteiger partial charge in [-0.3, -0.25) is 9.36 Å². The summed E-state index contributed by atoms with van der Waals surface area (Å²) in [7, 11) is 1.35. The number of methoxy groups -OCH3 is 1. The average Bonchev–Trinajstić information content (AvgIpc) is 3.21. The lowest BCUT2D eigenvalue weighted by Crippen LogP contribution is -2.21. The fourth-order valence-electron chi connectivity index (χ4n) is 3.25. The van der Waals surface area contributed by atoms with Gasteiger partial charge in [0.2, 0.25) is 0 Å². The summed E-state index contributed by atoms with van der Waals surface area (Å²) < 4.78 is 11.8. The van der Waals surface area contributed by atoms with Gasteiger partial charge >= 0.3 is 5.97 Å². The lowest BCUT2D eigenvalue weighted by atomic mass is 10.1. The Balaban J connectivity index is 1.67. The van der Waals surface area contributed by atoms with Crippen molar-refractivity contribution < 1.29 is 14.3 Å². The molecule has 6 nitrogen and oxygen atoms in total. The van der Waals surface area contributed by atoms with Crippen LogP contribution in [-0.2, 0) is 11.3 Å². The molecule has 0 atom stereocenters. The minimum absolute atomic E-state index is 0.0952. The first-order valence-electron chi connectivity index (χ1n) is 9.48. The lowest BCUT2D eigenvalue weighted by molar-refractivity contribution is 0.0600. The van der Waals surface area contributed by atoms with E-state index >= 15 is 0 Å². The van der Waals surface area contributed by atoms with Crippen LogP contribution in [0.15, 0.2) is 65.0 Å². The molecule has 0 aliphatic carbocycles. The maximum absolute atomic E-state index is 13.2. The number of benzene rings is 2. The standard InChI is InChI=1S/C23H20N2O4S/c1-3-29-18-10-8-16(9-11-18)19-13-30-21-20(19)22(26)25(14-24-21)12-15-4-6-17(7-5-15)23(27)28-2/h4-11,13-14H,3,12H2,1-2H3. The van der Waals surface area contributed by atoms with Crippen LogP contribution in [0, 0.1) is 0 Å². The van der Waals surface area contributed by atoms with Crippen molar-refractivity contribution >= 4 is 27.5 Å². The number of nitrogens with zero attached hydrogens (tertiary/aromatic N) is 2. The van der Waals surface area contributed by atoms with Crippen molar-refractivity contribution in [2.45, 2.75) is 13.5 Å². The van der Waals surface area contributed by atoms with Crippen LogP contribution in [0.5, 0.6) is 5.75 Å². The third kappa shape index (κ3) is 3.84. The van der Waals surface area contributed by atoms with Gasteiger partial charge < -0.3 is 9.47 Å². The van der Waals surface area contributed by atoms with Gasteiger partial charge in [0, 0.05) is 10.9 Å². The molecule has 2 aromatic heterocycles. The van der Waals surface area contributed by atoms with Crippen LogP contribution >= 0.6 is 11.3 Å². The molecule has 0 fully saturated rings. The largest absolute Gasteiger partial charge is 0.494 e. The number of ether oxygens (including phenoxy) is 2. The maximum Gasteiger partial charge on any atom is 0.337 e. The van der Waals surface area contributed by atoms with Crippen LogP contribution in [0.1, 0.15) is 22.8 Å². The van der Waals surface area contributed by atoms with E-state index in [1.54, 1.807) is 23.0 Å². The molecule has 0 aliphatic rings. The van der Waals surface area contributed by atoms with Crippen molar-refractivity contribution in [3.63, 3.8) is 0 Å². The number of hydrogen-bond donors (Lipinski definition) is 0. The molecule has 2 aromatic carbocycles. The van der Waals surface area contributed by atoms with E-state index in [0.29, 0.717) is 28.9 Å². The number of carbonyl (C=O) groups excluding carboxylic acids is 1.